The van der Waals surface area contributed by atoms with E-state index in [1.165, 1.54) is 0 Å². The molecule has 0 saturated carbocycles. The van der Waals surface area contributed by atoms with Crippen LogP contribution in [0.1, 0.15) is 37.0 Å². The minimum Gasteiger partial charge on any atom is -0.354 e. The predicted molar refractivity (Wildman–Crippen MR) is 174 cm³/mol. The number of carbonyl (C=O) groups excluding carboxylic acids is 1. The van der Waals surface area contributed by atoms with Gasteiger partial charge in [-0.2, -0.15) is 0 Å². The number of H-pyrrole nitrogens is 1. The average molecular weight is 617 g/mol. The van der Waals surface area contributed by atoms with E-state index in [-0.39, 0.29) is 10.8 Å². The van der Waals surface area contributed by atoms with E-state index in [0.29, 0.717) is 40.3 Å². The predicted octanol–water partition coefficient (Wildman–Crippen LogP) is 4.48. The van der Waals surface area contributed by atoms with Gasteiger partial charge in [-0.25, -0.2) is 18.4 Å². The molecule has 4 aromatic rings. The Labute approximate surface area is 258 Å². The molecule has 3 N–H and O–H groups in total. The van der Waals surface area contributed by atoms with Gasteiger partial charge in [0.05, 0.1) is 27.1 Å². The number of rotatable bonds is 8. The van der Waals surface area contributed by atoms with Gasteiger partial charge in [-0.3, -0.25) is 9.69 Å². The summed E-state index contributed by atoms with van der Waals surface area (Å²) in [6.45, 7) is 9.28. The molecular weight excluding hydrogens is 576 g/mol. The molecule has 2 fully saturated rings. The second kappa shape index (κ2) is 12.5. The lowest BCUT2D eigenvalue weighted by molar-refractivity contribution is 0.0518. The van der Waals surface area contributed by atoms with E-state index in [2.05, 4.69) is 42.4 Å². The summed E-state index contributed by atoms with van der Waals surface area (Å²) in [5.41, 5.74) is 2.38. The number of pyridine rings is 2. The number of nitrogens with zero attached hydrogens (tertiary/aromatic N) is 5. The summed E-state index contributed by atoms with van der Waals surface area (Å²) < 4.78 is 26.0. The Balaban J connectivity index is 1.14. The molecule has 0 radical (unpaired) electrons. The van der Waals surface area contributed by atoms with Gasteiger partial charge in [-0.15, -0.1) is 0 Å². The molecule has 3 aromatic heterocycles. The van der Waals surface area contributed by atoms with Crippen molar-refractivity contribution in [3.63, 3.8) is 0 Å². The van der Waals surface area contributed by atoms with Gasteiger partial charge in [0.2, 0.25) is 0 Å². The molecule has 0 aliphatic carbocycles. The highest BCUT2D eigenvalue weighted by molar-refractivity contribution is 7.92. The largest absolute Gasteiger partial charge is 0.354 e. The Kier molecular flexibility index (Phi) is 8.57. The molecule has 2 aliphatic rings. The number of hydrogen-bond acceptors (Lipinski definition) is 9. The van der Waals surface area contributed by atoms with Crippen LogP contribution < -0.4 is 10.6 Å². The van der Waals surface area contributed by atoms with Crippen LogP contribution in [0.25, 0.3) is 11.0 Å². The van der Waals surface area contributed by atoms with Crippen LogP contribution in [0.3, 0.4) is 0 Å². The van der Waals surface area contributed by atoms with E-state index in [1.54, 1.807) is 62.6 Å². The van der Waals surface area contributed by atoms with Crippen molar-refractivity contribution in [2.75, 3.05) is 56.9 Å². The summed E-state index contributed by atoms with van der Waals surface area (Å²) >= 11 is 0. The van der Waals surface area contributed by atoms with Gasteiger partial charge in [0.25, 0.3) is 5.91 Å². The molecule has 1 aromatic carbocycles. The number of para-hydroxylation sites is 1. The third-order valence-electron chi connectivity index (χ3n) is 8.68. The number of amides is 1. The second-order valence-electron chi connectivity index (χ2n) is 11.9. The van der Waals surface area contributed by atoms with Crippen LogP contribution in [0.2, 0.25) is 0 Å². The number of benzene rings is 1. The number of sulfone groups is 1. The zero-order valence-electron chi connectivity index (χ0n) is 25.5. The summed E-state index contributed by atoms with van der Waals surface area (Å²) in [6, 6.07) is 14.7. The fraction of sp³-hybridized carbons (Fsp3) is 0.406. The number of aromatic amines is 1. The highest BCUT2D eigenvalue weighted by atomic mass is 32.2. The molecule has 0 spiro atoms. The van der Waals surface area contributed by atoms with Crippen LogP contribution in [0.5, 0.6) is 0 Å². The smallest absolute Gasteiger partial charge is 0.255 e. The van der Waals surface area contributed by atoms with Crippen molar-refractivity contribution in [2.24, 2.45) is 0 Å². The standard InChI is InChI=1S/C32H40N8O3S/c1-22(2)44(42,43)28-7-5-4-6-26(28)35-27-20-30(37-31-25(27)10-13-33-31)36-29-9-8-23(21-34-29)32(41)40-14-11-24(12-15-40)39-18-16-38(3)17-19-39/h4-10,13,20-22,24H,11-12,14-19H2,1-3H3,(H3,33,34,35,36,37). The number of hydrogen-bond donors (Lipinski definition) is 3. The Morgan fingerprint density at radius 2 is 1.68 bits per heavy atom. The Bertz CT molecular complexity index is 1720. The summed E-state index contributed by atoms with van der Waals surface area (Å²) in [7, 11) is -1.33. The highest BCUT2D eigenvalue weighted by Crippen LogP contribution is 2.33. The topological polar surface area (TPSA) is 127 Å². The molecule has 1 amide bonds. The van der Waals surface area contributed by atoms with Crippen molar-refractivity contribution in [1.29, 1.82) is 0 Å². The number of aromatic nitrogens is 3. The van der Waals surface area contributed by atoms with E-state index in [4.69, 9.17) is 0 Å². The van der Waals surface area contributed by atoms with E-state index in [0.717, 1.165) is 57.5 Å². The second-order valence-corrected chi connectivity index (χ2v) is 14.4. The summed E-state index contributed by atoms with van der Waals surface area (Å²) in [5, 5.41) is 6.82. The number of nitrogens with one attached hydrogen (secondary N) is 3. The zero-order chi connectivity index (χ0) is 30.8. The Hall–Kier alpha value is -4.00. The van der Waals surface area contributed by atoms with Crippen LogP contribution in [-0.4, -0.2) is 102 Å². The van der Waals surface area contributed by atoms with Crippen LogP contribution in [0.15, 0.2) is 65.8 Å². The third kappa shape index (κ3) is 6.28. The molecule has 11 nitrogen and oxygen atoms in total. The number of anilines is 4. The van der Waals surface area contributed by atoms with Crippen molar-refractivity contribution >= 4 is 49.8 Å². The summed E-state index contributed by atoms with van der Waals surface area (Å²) in [4.78, 5) is 32.7. The van der Waals surface area contributed by atoms with Gasteiger partial charge >= 0.3 is 0 Å². The van der Waals surface area contributed by atoms with Crippen LogP contribution in [-0.2, 0) is 9.84 Å². The van der Waals surface area contributed by atoms with E-state index in [1.807, 2.05) is 17.0 Å². The molecule has 0 unspecified atom stereocenters. The first-order valence-corrected chi connectivity index (χ1v) is 16.8. The fourth-order valence-corrected chi connectivity index (χ4v) is 7.15. The van der Waals surface area contributed by atoms with Crippen molar-refractivity contribution < 1.29 is 13.2 Å². The first-order valence-electron chi connectivity index (χ1n) is 15.2. The fourth-order valence-electron chi connectivity index (χ4n) is 5.95. The minimum atomic E-state index is -3.50. The van der Waals surface area contributed by atoms with Gasteiger partial charge in [0.1, 0.15) is 17.3 Å². The molecule has 5 heterocycles. The molecule has 2 saturated heterocycles. The molecule has 0 atom stereocenters. The quantitative estimate of drug-likeness (QED) is 0.263. The number of likely N-dealkylation sites (tertiary alicyclic amines) is 1. The third-order valence-corrected chi connectivity index (χ3v) is 10.9. The van der Waals surface area contributed by atoms with E-state index >= 15 is 0 Å². The lowest BCUT2D eigenvalue weighted by Gasteiger charge is -2.42. The molecule has 6 rings (SSSR count). The monoisotopic (exact) mass is 616 g/mol. The van der Waals surface area contributed by atoms with E-state index < -0.39 is 15.1 Å². The van der Waals surface area contributed by atoms with Gasteiger partial charge in [0.15, 0.2) is 9.84 Å². The molecular formula is C32H40N8O3S. The maximum atomic E-state index is 13.2. The number of piperidine rings is 1. The van der Waals surface area contributed by atoms with Crippen molar-refractivity contribution in [3.05, 3.63) is 66.5 Å². The minimum absolute atomic E-state index is 0.00769. The average Bonchev–Trinajstić information content (AvgIpc) is 3.51. The lowest BCUT2D eigenvalue weighted by atomic mass is 10.0. The molecule has 232 valence electrons. The first kappa shape index (κ1) is 30.0. The van der Waals surface area contributed by atoms with Gasteiger partial charge < -0.3 is 25.4 Å². The van der Waals surface area contributed by atoms with Crippen molar-refractivity contribution in [2.45, 2.75) is 42.9 Å². The SMILES string of the molecule is CC(C)S(=O)(=O)c1ccccc1Nc1cc(Nc2ccc(C(=O)N3CCC(N4CCN(C)CC4)CC3)cn2)nc2[nH]ccc12. The summed E-state index contributed by atoms with van der Waals surface area (Å²) in [6.07, 6.45) is 5.39. The van der Waals surface area contributed by atoms with Crippen molar-refractivity contribution in [1.82, 2.24) is 29.7 Å². The lowest BCUT2D eigenvalue weighted by Crippen LogP contribution is -2.52. The molecule has 44 heavy (non-hydrogen) atoms. The zero-order valence-corrected chi connectivity index (χ0v) is 26.3. The molecule has 2 aliphatic heterocycles. The number of fused-ring (bicyclic) bond motifs is 1. The molecule has 12 heteroatoms. The van der Waals surface area contributed by atoms with Gasteiger partial charge in [-0.1, -0.05) is 12.1 Å². The van der Waals surface area contributed by atoms with Crippen LogP contribution in [0.4, 0.5) is 23.0 Å². The van der Waals surface area contributed by atoms with Gasteiger partial charge in [-0.05, 0) is 64.1 Å². The van der Waals surface area contributed by atoms with Crippen LogP contribution in [0, 0.1) is 0 Å². The Morgan fingerprint density at radius 3 is 2.39 bits per heavy atom. The maximum absolute atomic E-state index is 13.2. The number of piperazine rings is 1. The number of likely N-dealkylation sites (N-methyl/N-ethyl adjacent to an activating group) is 1. The first-order chi connectivity index (χ1) is 21.2. The molecule has 0 bridgehead atoms. The van der Waals surface area contributed by atoms with Crippen molar-refractivity contribution in [3.8, 4) is 0 Å². The van der Waals surface area contributed by atoms with Gasteiger partial charge in [0, 0.05) is 69.2 Å². The van der Waals surface area contributed by atoms with E-state index in [9.17, 15) is 13.2 Å². The normalized spacial score (nSPS) is 17.3. The van der Waals surface area contributed by atoms with Crippen LogP contribution >= 0.6 is 0 Å². The maximum Gasteiger partial charge on any atom is 0.255 e. The summed E-state index contributed by atoms with van der Waals surface area (Å²) in [5.74, 6) is 1.07. The highest BCUT2D eigenvalue weighted by Gasteiger charge is 2.29. The Morgan fingerprint density at radius 1 is 0.932 bits per heavy atom. The number of carbonyl (C=O) groups is 1.